The number of hydrogen-bond donors (Lipinski definition) is 3. The molecule has 33 heavy (non-hydrogen) atoms. The van der Waals surface area contributed by atoms with Crippen LogP contribution in [-0.4, -0.2) is 26.6 Å². The Labute approximate surface area is 195 Å². The minimum Gasteiger partial charge on any atom is -0.467 e. The van der Waals surface area contributed by atoms with Crippen LogP contribution in [0.15, 0.2) is 71.3 Å². The highest BCUT2D eigenvalue weighted by atomic mass is 32.1. The molecule has 2 heterocycles. The first kappa shape index (κ1) is 22.2. The molecule has 0 spiro atoms. The van der Waals surface area contributed by atoms with Crippen LogP contribution in [0.2, 0.25) is 0 Å². The van der Waals surface area contributed by atoms with Gasteiger partial charge in [0.25, 0.3) is 5.91 Å². The van der Waals surface area contributed by atoms with E-state index in [1.54, 1.807) is 41.2 Å². The summed E-state index contributed by atoms with van der Waals surface area (Å²) in [5.41, 5.74) is 3.32. The minimum atomic E-state index is -0.216. The van der Waals surface area contributed by atoms with E-state index in [1.165, 1.54) is 0 Å². The van der Waals surface area contributed by atoms with E-state index >= 15 is 0 Å². The van der Waals surface area contributed by atoms with Crippen LogP contribution >= 0.6 is 12.2 Å². The number of aromatic nitrogens is 3. The summed E-state index contributed by atoms with van der Waals surface area (Å²) >= 11 is 5.31. The minimum absolute atomic E-state index is 0.0296. The van der Waals surface area contributed by atoms with E-state index in [0.717, 1.165) is 16.7 Å². The first-order valence-electron chi connectivity index (χ1n) is 10.4. The van der Waals surface area contributed by atoms with Gasteiger partial charge >= 0.3 is 0 Å². The van der Waals surface area contributed by atoms with E-state index in [2.05, 4.69) is 20.8 Å². The van der Waals surface area contributed by atoms with Crippen molar-refractivity contribution in [1.82, 2.24) is 25.4 Å². The number of carbonyl (C=O) groups excluding carboxylic acids is 2. The third kappa shape index (κ3) is 5.64. The van der Waals surface area contributed by atoms with Crippen molar-refractivity contribution in [2.75, 3.05) is 0 Å². The van der Waals surface area contributed by atoms with Crippen molar-refractivity contribution in [2.24, 2.45) is 0 Å². The number of nitrogens with zero attached hydrogens (tertiary/aromatic N) is 2. The second kappa shape index (κ2) is 10.1. The van der Waals surface area contributed by atoms with Crippen LogP contribution in [0.25, 0.3) is 11.4 Å². The molecule has 0 aliphatic carbocycles. The number of hydrogen-bond acceptors (Lipinski definition) is 5. The van der Waals surface area contributed by atoms with Crippen molar-refractivity contribution in [3.63, 3.8) is 0 Å². The van der Waals surface area contributed by atoms with E-state index in [9.17, 15) is 9.59 Å². The average molecular weight is 462 g/mol. The largest absolute Gasteiger partial charge is 0.467 e. The van der Waals surface area contributed by atoms with Gasteiger partial charge in [-0.25, -0.2) is 0 Å². The van der Waals surface area contributed by atoms with Gasteiger partial charge < -0.3 is 15.1 Å². The van der Waals surface area contributed by atoms with Crippen molar-refractivity contribution in [3.8, 4) is 11.4 Å². The highest BCUT2D eigenvalue weighted by Crippen LogP contribution is 2.18. The quantitative estimate of drug-likeness (QED) is 0.347. The van der Waals surface area contributed by atoms with Crippen LogP contribution in [-0.2, 0) is 24.4 Å². The molecule has 0 fully saturated rings. The molecule has 2 aromatic heterocycles. The monoisotopic (exact) mass is 461 g/mol. The fraction of sp³-hybridized carbons (Fsp3) is 0.167. The normalized spacial score (nSPS) is 10.7. The van der Waals surface area contributed by atoms with Crippen LogP contribution in [0, 0.1) is 11.7 Å². The van der Waals surface area contributed by atoms with Crippen molar-refractivity contribution in [2.45, 2.75) is 26.6 Å². The van der Waals surface area contributed by atoms with Crippen LogP contribution in [0.5, 0.6) is 0 Å². The molecule has 8 nitrogen and oxygen atoms in total. The number of aromatic amines is 1. The van der Waals surface area contributed by atoms with Crippen LogP contribution in [0.1, 0.15) is 27.2 Å². The molecule has 3 N–H and O–H groups in total. The van der Waals surface area contributed by atoms with Crippen molar-refractivity contribution < 1.29 is 14.0 Å². The zero-order valence-corrected chi connectivity index (χ0v) is 18.8. The Morgan fingerprint density at radius 1 is 1.06 bits per heavy atom. The van der Waals surface area contributed by atoms with Gasteiger partial charge in [0.05, 0.1) is 12.8 Å². The zero-order valence-electron chi connectivity index (χ0n) is 18.0. The lowest BCUT2D eigenvalue weighted by Crippen LogP contribution is -2.28. The summed E-state index contributed by atoms with van der Waals surface area (Å²) in [6.45, 7) is 2.62. The third-order valence-corrected chi connectivity index (χ3v) is 5.36. The molecule has 168 valence electrons. The van der Waals surface area contributed by atoms with Crippen LogP contribution < -0.4 is 10.6 Å². The van der Waals surface area contributed by atoms with Gasteiger partial charge in [-0.2, -0.15) is 5.10 Å². The number of H-pyrrole nitrogens is 1. The van der Waals surface area contributed by atoms with E-state index in [0.29, 0.717) is 28.5 Å². The van der Waals surface area contributed by atoms with Gasteiger partial charge in [-0.05, 0) is 49.0 Å². The van der Waals surface area contributed by atoms with Gasteiger partial charge in [-0.3, -0.25) is 19.3 Å². The van der Waals surface area contributed by atoms with Gasteiger partial charge in [-0.1, -0.05) is 42.0 Å². The third-order valence-electron chi connectivity index (χ3n) is 5.05. The van der Waals surface area contributed by atoms with Gasteiger partial charge in [0, 0.05) is 17.7 Å². The lowest BCUT2D eigenvalue weighted by molar-refractivity contribution is -0.121. The molecule has 0 saturated heterocycles. The summed E-state index contributed by atoms with van der Waals surface area (Å²) in [5.74, 6) is 0.848. The Morgan fingerprint density at radius 2 is 1.88 bits per heavy atom. The fourth-order valence-corrected chi connectivity index (χ4v) is 3.49. The second-order valence-electron chi connectivity index (χ2n) is 7.54. The Kier molecular flexibility index (Phi) is 6.80. The molecular formula is C24H23N5O3S. The first-order valence-corrected chi connectivity index (χ1v) is 10.8. The van der Waals surface area contributed by atoms with E-state index in [-0.39, 0.29) is 24.9 Å². The van der Waals surface area contributed by atoms with Gasteiger partial charge in [0.1, 0.15) is 12.3 Å². The number of benzene rings is 2. The summed E-state index contributed by atoms with van der Waals surface area (Å²) in [6, 6.07) is 18.5. The van der Waals surface area contributed by atoms with Gasteiger partial charge in [0.2, 0.25) is 5.91 Å². The smallest absolute Gasteiger partial charge is 0.251 e. The lowest BCUT2D eigenvalue weighted by Gasteiger charge is -2.10. The Balaban J connectivity index is 1.36. The molecular weight excluding hydrogens is 438 g/mol. The Hall–Kier alpha value is -3.98. The molecule has 0 aliphatic heterocycles. The van der Waals surface area contributed by atoms with Crippen LogP contribution in [0.4, 0.5) is 0 Å². The molecule has 0 radical (unpaired) electrons. The first-order chi connectivity index (χ1) is 16.0. The maximum absolute atomic E-state index is 12.6. The summed E-state index contributed by atoms with van der Waals surface area (Å²) in [5, 5.41) is 12.7. The van der Waals surface area contributed by atoms with Gasteiger partial charge in [-0.15, -0.1) is 0 Å². The summed E-state index contributed by atoms with van der Waals surface area (Å²) < 4.78 is 7.26. The number of rotatable bonds is 8. The highest BCUT2D eigenvalue weighted by molar-refractivity contribution is 7.71. The summed E-state index contributed by atoms with van der Waals surface area (Å²) in [6.07, 6.45) is 1.56. The number of amides is 2. The number of nitrogens with one attached hydrogen (secondary N) is 3. The predicted octanol–water partition coefficient (Wildman–Crippen LogP) is 3.76. The summed E-state index contributed by atoms with van der Waals surface area (Å²) in [4.78, 5) is 25.0. The molecule has 0 bridgehead atoms. The topological polar surface area (TPSA) is 105 Å². The maximum Gasteiger partial charge on any atom is 0.251 e. The Bertz CT molecular complexity index is 1310. The second-order valence-corrected chi connectivity index (χ2v) is 7.93. The van der Waals surface area contributed by atoms with Crippen molar-refractivity contribution in [1.29, 1.82) is 0 Å². The Morgan fingerprint density at radius 3 is 2.64 bits per heavy atom. The zero-order chi connectivity index (χ0) is 23.2. The van der Waals surface area contributed by atoms with Crippen molar-refractivity contribution in [3.05, 3.63) is 94.1 Å². The molecule has 2 aromatic carbocycles. The molecule has 9 heteroatoms. The van der Waals surface area contributed by atoms with E-state index in [1.807, 2.05) is 37.3 Å². The van der Waals surface area contributed by atoms with Gasteiger partial charge in [0.15, 0.2) is 10.6 Å². The standard InChI is InChI=1S/C24H23N5O3S/c1-16-7-9-18(10-8-16)22-27-28-24(33)29(22)15-21(30)25-13-17-4-2-5-19(12-17)23(31)26-14-20-6-3-11-32-20/h2-12H,13-15H2,1H3,(H,25,30)(H,26,31)(H,28,33). The highest BCUT2D eigenvalue weighted by Gasteiger charge is 2.13. The lowest BCUT2D eigenvalue weighted by atomic mass is 10.1. The van der Waals surface area contributed by atoms with E-state index < -0.39 is 0 Å². The van der Waals surface area contributed by atoms with Crippen molar-refractivity contribution >= 4 is 24.0 Å². The number of furan rings is 1. The fourth-order valence-electron chi connectivity index (χ4n) is 3.29. The molecule has 0 aliphatic rings. The molecule has 0 saturated carbocycles. The SMILES string of the molecule is Cc1ccc(-c2n[nH]c(=S)n2CC(=O)NCc2cccc(C(=O)NCc3ccco3)c2)cc1. The van der Waals surface area contributed by atoms with Crippen LogP contribution in [0.3, 0.4) is 0 Å². The number of aryl methyl sites for hydroxylation is 1. The maximum atomic E-state index is 12.6. The molecule has 2 amide bonds. The molecule has 4 aromatic rings. The summed E-state index contributed by atoms with van der Waals surface area (Å²) in [7, 11) is 0. The molecule has 0 unspecified atom stereocenters. The number of carbonyl (C=O) groups is 2. The average Bonchev–Trinajstić information content (AvgIpc) is 3.47. The van der Waals surface area contributed by atoms with E-state index in [4.69, 9.17) is 16.6 Å². The predicted molar refractivity (Wildman–Crippen MR) is 126 cm³/mol. The molecule has 4 rings (SSSR count). The molecule has 0 atom stereocenters.